The molecule has 5 nitrogen and oxygen atoms in total. The van der Waals surface area contributed by atoms with Gasteiger partial charge in [0, 0.05) is 38.6 Å². The minimum absolute atomic E-state index is 0.618. The molecule has 1 aromatic heterocycles. The number of hydrogen-bond donors (Lipinski definition) is 1. The molecule has 0 aromatic carbocycles. The van der Waals surface area contributed by atoms with Gasteiger partial charge < -0.3 is 9.84 Å². The molecule has 1 aliphatic heterocycles. The Morgan fingerprint density at radius 2 is 2.35 bits per heavy atom. The maximum absolute atomic E-state index is 5.15. The third kappa shape index (κ3) is 3.26. The minimum atomic E-state index is 0.618. The highest BCUT2D eigenvalue weighted by Gasteiger charge is 2.24. The lowest BCUT2D eigenvalue weighted by Crippen LogP contribution is -2.53. The molecule has 2 heterocycles. The molecule has 1 aromatic rings. The van der Waals surface area contributed by atoms with Crippen molar-refractivity contribution in [2.75, 3.05) is 26.2 Å². The van der Waals surface area contributed by atoms with Crippen molar-refractivity contribution < 1.29 is 4.52 Å². The standard InChI is InChI=1S/C12H22N4O/c1-9(2)11-8-13-5-7-16(11)6-4-12-14-10(3)15-17-12/h9,11,13H,4-8H2,1-3H3. The lowest BCUT2D eigenvalue weighted by molar-refractivity contribution is 0.123. The number of nitrogens with zero attached hydrogens (tertiary/aromatic N) is 3. The van der Waals surface area contributed by atoms with Crippen LogP contribution >= 0.6 is 0 Å². The summed E-state index contributed by atoms with van der Waals surface area (Å²) in [6.45, 7) is 10.7. The van der Waals surface area contributed by atoms with Crippen LogP contribution in [0.2, 0.25) is 0 Å². The molecule has 0 radical (unpaired) electrons. The van der Waals surface area contributed by atoms with Crippen LogP contribution in [0.4, 0.5) is 0 Å². The molecule has 0 spiro atoms. The van der Waals surface area contributed by atoms with E-state index in [0.29, 0.717) is 12.0 Å². The third-order valence-corrected chi connectivity index (χ3v) is 3.35. The predicted octanol–water partition coefficient (Wildman–Crippen LogP) is 0.850. The van der Waals surface area contributed by atoms with Crippen molar-refractivity contribution in [1.82, 2.24) is 20.4 Å². The molecule has 96 valence electrons. The van der Waals surface area contributed by atoms with Gasteiger partial charge in [0.25, 0.3) is 0 Å². The molecular formula is C12H22N4O. The Hall–Kier alpha value is -0.940. The van der Waals surface area contributed by atoms with E-state index in [1.807, 2.05) is 6.92 Å². The minimum Gasteiger partial charge on any atom is -0.339 e. The summed E-state index contributed by atoms with van der Waals surface area (Å²) in [6.07, 6.45) is 0.851. The summed E-state index contributed by atoms with van der Waals surface area (Å²) >= 11 is 0. The number of aryl methyl sites for hydroxylation is 1. The Bertz CT molecular complexity index is 350. The molecule has 0 bridgehead atoms. The Balaban J connectivity index is 1.88. The fourth-order valence-electron chi connectivity index (χ4n) is 2.38. The molecule has 0 amide bonds. The molecule has 0 aliphatic carbocycles. The summed E-state index contributed by atoms with van der Waals surface area (Å²) in [5.41, 5.74) is 0. The molecule has 5 heteroatoms. The lowest BCUT2D eigenvalue weighted by Gasteiger charge is -2.38. The van der Waals surface area contributed by atoms with Crippen LogP contribution in [0.5, 0.6) is 0 Å². The Kier molecular flexibility index (Phi) is 4.12. The van der Waals surface area contributed by atoms with Gasteiger partial charge in [0.2, 0.25) is 5.89 Å². The topological polar surface area (TPSA) is 54.2 Å². The van der Waals surface area contributed by atoms with Crippen LogP contribution < -0.4 is 5.32 Å². The fraction of sp³-hybridized carbons (Fsp3) is 0.833. The molecule has 1 N–H and O–H groups in total. The first kappa shape index (κ1) is 12.5. The SMILES string of the molecule is Cc1noc(CCN2CCNCC2C(C)C)n1. The third-order valence-electron chi connectivity index (χ3n) is 3.35. The smallest absolute Gasteiger partial charge is 0.227 e. The van der Waals surface area contributed by atoms with Crippen LogP contribution in [0.15, 0.2) is 4.52 Å². The zero-order valence-electron chi connectivity index (χ0n) is 10.9. The van der Waals surface area contributed by atoms with Crippen molar-refractivity contribution in [3.63, 3.8) is 0 Å². The normalized spacial score (nSPS) is 22.2. The summed E-state index contributed by atoms with van der Waals surface area (Å²) in [4.78, 5) is 6.77. The van der Waals surface area contributed by atoms with Crippen LogP contribution in [0.1, 0.15) is 25.6 Å². The second-order valence-corrected chi connectivity index (χ2v) is 5.04. The lowest BCUT2D eigenvalue weighted by atomic mass is 10.0. The highest BCUT2D eigenvalue weighted by Crippen LogP contribution is 2.13. The fourth-order valence-corrected chi connectivity index (χ4v) is 2.38. The first-order chi connectivity index (χ1) is 8.16. The monoisotopic (exact) mass is 238 g/mol. The molecule has 1 saturated heterocycles. The van der Waals surface area contributed by atoms with E-state index in [9.17, 15) is 0 Å². The summed E-state index contributed by atoms with van der Waals surface area (Å²) in [6, 6.07) is 0.618. The van der Waals surface area contributed by atoms with Crippen molar-refractivity contribution in [3.05, 3.63) is 11.7 Å². The van der Waals surface area contributed by atoms with Crippen LogP contribution in [0, 0.1) is 12.8 Å². The quantitative estimate of drug-likeness (QED) is 0.843. The van der Waals surface area contributed by atoms with E-state index in [0.717, 1.165) is 44.3 Å². The average Bonchev–Trinajstić information content (AvgIpc) is 2.73. The molecule has 17 heavy (non-hydrogen) atoms. The summed E-state index contributed by atoms with van der Waals surface area (Å²) in [5.74, 6) is 2.15. The Morgan fingerprint density at radius 3 is 3.00 bits per heavy atom. The van der Waals surface area contributed by atoms with E-state index in [1.165, 1.54) is 0 Å². The molecule has 1 atom stereocenters. The molecule has 1 unspecified atom stereocenters. The van der Waals surface area contributed by atoms with Crippen molar-refractivity contribution in [2.24, 2.45) is 5.92 Å². The van der Waals surface area contributed by atoms with Gasteiger partial charge in [-0.15, -0.1) is 0 Å². The second kappa shape index (κ2) is 5.60. The second-order valence-electron chi connectivity index (χ2n) is 5.04. The number of rotatable bonds is 4. The van der Waals surface area contributed by atoms with Gasteiger partial charge in [-0.3, -0.25) is 4.90 Å². The highest BCUT2D eigenvalue weighted by atomic mass is 16.5. The van der Waals surface area contributed by atoms with Crippen LogP contribution in [0.3, 0.4) is 0 Å². The summed E-state index contributed by atoms with van der Waals surface area (Å²) < 4.78 is 5.15. The first-order valence-corrected chi connectivity index (χ1v) is 6.41. The van der Waals surface area contributed by atoms with Crippen molar-refractivity contribution in [3.8, 4) is 0 Å². The van der Waals surface area contributed by atoms with Crippen molar-refractivity contribution in [1.29, 1.82) is 0 Å². The Morgan fingerprint density at radius 1 is 1.53 bits per heavy atom. The van der Waals surface area contributed by atoms with Gasteiger partial charge in [0.15, 0.2) is 5.82 Å². The zero-order chi connectivity index (χ0) is 12.3. The van der Waals surface area contributed by atoms with E-state index in [2.05, 4.69) is 34.2 Å². The molecule has 2 rings (SSSR count). The molecule has 1 aliphatic rings. The van der Waals surface area contributed by atoms with E-state index in [4.69, 9.17) is 4.52 Å². The first-order valence-electron chi connectivity index (χ1n) is 6.41. The summed E-state index contributed by atoms with van der Waals surface area (Å²) in [7, 11) is 0. The van der Waals surface area contributed by atoms with Crippen molar-refractivity contribution in [2.45, 2.75) is 33.2 Å². The average molecular weight is 238 g/mol. The van der Waals surface area contributed by atoms with E-state index in [1.54, 1.807) is 0 Å². The van der Waals surface area contributed by atoms with Crippen molar-refractivity contribution >= 4 is 0 Å². The van der Waals surface area contributed by atoms with E-state index < -0.39 is 0 Å². The van der Waals surface area contributed by atoms with Gasteiger partial charge in [-0.2, -0.15) is 4.98 Å². The predicted molar refractivity (Wildman–Crippen MR) is 65.8 cm³/mol. The Labute approximate surface area is 103 Å². The van der Waals surface area contributed by atoms with Gasteiger partial charge >= 0.3 is 0 Å². The maximum Gasteiger partial charge on any atom is 0.227 e. The molecular weight excluding hydrogens is 216 g/mol. The van der Waals surface area contributed by atoms with Gasteiger partial charge in [0.05, 0.1) is 0 Å². The number of piperazine rings is 1. The van der Waals surface area contributed by atoms with E-state index >= 15 is 0 Å². The number of aromatic nitrogens is 2. The highest BCUT2D eigenvalue weighted by molar-refractivity contribution is 4.87. The number of hydrogen-bond acceptors (Lipinski definition) is 5. The maximum atomic E-state index is 5.15. The van der Waals surface area contributed by atoms with Gasteiger partial charge in [-0.05, 0) is 12.8 Å². The number of nitrogens with one attached hydrogen (secondary N) is 1. The van der Waals surface area contributed by atoms with Crippen LogP contribution in [0.25, 0.3) is 0 Å². The van der Waals surface area contributed by atoms with Crippen LogP contribution in [-0.2, 0) is 6.42 Å². The van der Waals surface area contributed by atoms with E-state index in [-0.39, 0.29) is 0 Å². The van der Waals surface area contributed by atoms with Gasteiger partial charge in [-0.1, -0.05) is 19.0 Å². The largest absolute Gasteiger partial charge is 0.339 e. The summed E-state index contributed by atoms with van der Waals surface area (Å²) in [5, 5.41) is 7.27. The zero-order valence-corrected chi connectivity index (χ0v) is 10.9. The molecule has 1 fully saturated rings. The van der Waals surface area contributed by atoms with Gasteiger partial charge in [0.1, 0.15) is 0 Å². The van der Waals surface area contributed by atoms with Crippen LogP contribution in [-0.4, -0.2) is 47.3 Å². The van der Waals surface area contributed by atoms with Gasteiger partial charge in [-0.25, -0.2) is 0 Å². The molecule has 0 saturated carbocycles.